The molecule has 0 aliphatic carbocycles. The van der Waals surface area contributed by atoms with Crippen molar-refractivity contribution in [2.24, 2.45) is 11.8 Å². The van der Waals surface area contributed by atoms with Crippen molar-refractivity contribution in [1.82, 2.24) is 4.90 Å². The van der Waals surface area contributed by atoms with Gasteiger partial charge in [-0.1, -0.05) is 20.8 Å². The number of nitrogens with zero attached hydrogens (tertiary/aromatic N) is 1. The van der Waals surface area contributed by atoms with Crippen LogP contribution >= 0.6 is 0 Å². The fraction of sp³-hybridized carbons (Fsp3) is 0.917. The molecule has 2 unspecified atom stereocenters. The Morgan fingerprint density at radius 2 is 1.80 bits per heavy atom. The SMILES string of the molecule is CC(O)CCN(C)C(=O)CC(C)C(C)C. The van der Waals surface area contributed by atoms with Crippen molar-refractivity contribution in [2.75, 3.05) is 13.6 Å². The highest BCUT2D eigenvalue weighted by atomic mass is 16.3. The van der Waals surface area contributed by atoms with Crippen LogP contribution in [-0.4, -0.2) is 35.6 Å². The largest absolute Gasteiger partial charge is 0.393 e. The fourth-order valence-electron chi connectivity index (χ4n) is 1.17. The van der Waals surface area contributed by atoms with Crippen molar-refractivity contribution in [3.63, 3.8) is 0 Å². The monoisotopic (exact) mass is 215 g/mol. The molecule has 0 fully saturated rings. The molecule has 3 heteroatoms. The zero-order valence-corrected chi connectivity index (χ0v) is 10.7. The molecule has 3 nitrogen and oxygen atoms in total. The van der Waals surface area contributed by atoms with Crippen molar-refractivity contribution in [3.05, 3.63) is 0 Å². The van der Waals surface area contributed by atoms with Crippen LogP contribution in [0.2, 0.25) is 0 Å². The van der Waals surface area contributed by atoms with Crippen molar-refractivity contribution >= 4 is 5.91 Å². The summed E-state index contributed by atoms with van der Waals surface area (Å²) in [5, 5.41) is 9.12. The average Bonchev–Trinajstić information content (AvgIpc) is 2.13. The number of amides is 1. The Hall–Kier alpha value is -0.570. The third kappa shape index (κ3) is 6.50. The number of aliphatic hydroxyl groups excluding tert-OH is 1. The second-order valence-corrected chi connectivity index (χ2v) is 4.88. The molecule has 0 bridgehead atoms. The van der Waals surface area contributed by atoms with Crippen LogP contribution in [0.4, 0.5) is 0 Å². The Morgan fingerprint density at radius 3 is 2.20 bits per heavy atom. The van der Waals surface area contributed by atoms with Crippen molar-refractivity contribution in [2.45, 2.75) is 46.6 Å². The lowest BCUT2D eigenvalue weighted by Crippen LogP contribution is -2.31. The van der Waals surface area contributed by atoms with E-state index in [4.69, 9.17) is 5.11 Å². The molecule has 0 heterocycles. The van der Waals surface area contributed by atoms with Gasteiger partial charge in [0.1, 0.15) is 0 Å². The van der Waals surface area contributed by atoms with Gasteiger partial charge < -0.3 is 10.0 Å². The van der Waals surface area contributed by atoms with Gasteiger partial charge in [-0.05, 0) is 25.2 Å². The molecule has 1 amide bonds. The standard InChI is InChI=1S/C12H25NO2/c1-9(2)10(3)8-12(15)13(5)7-6-11(4)14/h9-11,14H,6-8H2,1-5H3. The van der Waals surface area contributed by atoms with Gasteiger partial charge in [-0.2, -0.15) is 0 Å². The zero-order chi connectivity index (χ0) is 12.0. The normalized spacial score (nSPS) is 15.1. The minimum atomic E-state index is -0.331. The summed E-state index contributed by atoms with van der Waals surface area (Å²) < 4.78 is 0. The maximum Gasteiger partial charge on any atom is 0.222 e. The molecule has 0 saturated carbocycles. The number of aliphatic hydroxyl groups is 1. The molecule has 0 aromatic rings. The predicted octanol–water partition coefficient (Wildman–Crippen LogP) is 1.90. The first-order valence-corrected chi connectivity index (χ1v) is 5.76. The first-order valence-electron chi connectivity index (χ1n) is 5.76. The Morgan fingerprint density at radius 1 is 1.27 bits per heavy atom. The Bertz CT molecular complexity index is 190. The van der Waals surface area contributed by atoms with Crippen molar-refractivity contribution < 1.29 is 9.90 Å². The van der Waals surface area contributed by atoms with Crippen LogP contribution < -0.4 is 0 Å². The van der Waals surface area contributed by atoms with Gasteiger partial charge in [0.2, 0.25) is 5.91 Å². The Balaban J connectivity index is 3.88. The van der Waals surface area contributed by atoms with Crippen LogP contribution in [-0.2, 0) is 4.79 Å². The summed E-state index contributed by atoms with van der Waals surface area (Å²) in [5.41, 5.74) is 0. The van der Waals surface area contributed by atoms with Crippen LogP contribution in [0.1, 0.15) is 40.5 Å². The number of rotatable bonds is 6. The number of carbonyl (C=O) groups excluding carboxylic acids is 1. The van der Waals surface area contributed by atoms with Gasteiger partial charge in [0, 0.05) is 20.0 Å². The molecule has 1 N–H and O–H groups in total. The molecule has 0 aromatic carbocycles. The summed E-state index contributed by atoms with van der Waals surface area (Å²) in [7, 11) is 1.80. The highest BCUT2D eigenvalue weighted by Gasteiger charge is 2.15. The van der Waals surface area contributed by atoms with Crippen molar-refractivity contribution in [1.29, 1.82) is 0 Å². The van der Waals surface area contributed by atoms with E-state index in [0.29, 0.717) is 31.2 Å². The van der Waals surface area contributed by atoms with Crippen LogP contribution in [0, 0.1) is 11.8 Å². The van der Waals surface area contributed by atoms with E-state index in [-0.39, 0.29) is 12.0 Å². The Kier molecular flexibility index (Phi) is 6.57. The number of carbonyl (C=O) groups is 1. The lowest BCUT2D eigenvalue weighted by molar-refractivity contribution is -0.131. The summed E-state index contributed by atoms with van der Waals surface area (Å²) in [6, 6.07) is 0. The molecule has 0 rings (SSSR count). The van der Waals surface area contributed by atoms with E-state index in [0.717, 1.165) is 0 Å². The van der Waals surface area contributed by atoms with Gasteiger partial charge in [0.05, 0.1) is 6.10 Å². The lowest BCUT2D eigenvalue weighted by atomic mass is 9.94. The van der Waals surface area contributed by atoms with Crippen LogP contribution in [0.5, 0.6) is 0 Å². The van der Waals surface area contributed by atoms with E-state index in [1.165, 1.54) is 0 Å². The van der Waals surface area contributed by atoms with Gasteiger partial charge in [0.25, 0.3) is 0 Å². The fourth-order valence-corrected chi connectivity index (χ4v) is 1.17. The summed E-state index contributed by atoms with van der Waals surface area (Å²) in [4.78, 5) is 13.4. The molecule has 0 spiro atoms. The zero-order valence-electron chi connectivity index (χ0n) is 10.7. The minimum Gasteiger partial charge on any atom is -0.393 e. The first kappa shape index (κ1) is 14.4. The smallest absolute Gasteiger partial charge is 0.222 e. The minimum absolute atomic E-state index is 0.178. The lowest BCUT2D eigenvalue weighted by Gasteiger charge is -2.21. The third-order valence-corrected chi connectivity index (χ3v) is 2.94. The quantitative estimate of drug-likeness (QED) is 0.735. The molecule has 2 atom stereocenters. The first-order chi connectivity index (χ1) is 6.84. The molecular weight excluding hydrogens is 190 g/mol. The van der Waals surface area contributed by atoms with Gasteiger partial charge in [-0.25, -0.2) is 0 Å². The van der Waals surface area contributed by atoms with Gasteiger partial charge in [-0.15, -0.1) is 0 Å². The van der Waals surface area contributed by atoms with E-state index < -0.39 is 0 Å². The summed E-state index contributed by atoms with van der Waals surface area (Å²) >= 11 is 0. The Labute approximate surface area is 93.5 Å². The maximum atomic E-state index is 11.7. The number of hydrogen-bond acceptors (Lipinski definition) is 2. The van der Waals surface area contributed by atoms with Crippen LogP contribution in [0.15, 0.2) is 0 Å². The van der Waals surface area contributed by atoms with E-state index >= 15 is 0 Å². The number of hydrogen-bond donors (Lipinski definition) is 1. The second kappa shape index (κ2) is 6.83. The van der Waals surface area contributed by atoms with Crippen LogP contribution in [0.25, 0.3) is 0 Å². The van der Waals surface area contributed by atoms with Crippen LogP contribution in [0.3, 0.4) is 0 Å². The molecule has 0 aromatic heterocycles. The summed E-state index contributed by atoms with van der Waals surface area (Å²) in [5.74, 6) is 1.14. The molecule has 0 radical (unpaired) electrons. The summed E-state index contributed by atoms with van der Waals surface area (Å²) in [6.45, 7) is 8.75. The third-order valence-electron chi connectivity index (χ3n) is 2.94. The van der Waals surface area contributed by atoms with E-state index in [1.54, 1.807) is 18.9 Å². The molecule has 0 saturated heterocycles. The highest BCUT2D eigenvalue weighted by molar-refractivity contribution is 5.76. The molecular formula is C12H25NO2. The summed E-state index contributed by atoms with van der Waals surface area (Å²) in [6.07, 6.45) is 0.925. The molecule has 0 aliphatic rings. The highest BCUT2D eigenvalue weighted by Crippen LogP contribution is 2.15. The van der Waals surface area contributed by atoms with Gasteiger partial charge in [0.15, 0.2) is 0 Å². The molecule has 15 heavy (non-hydrogen) atoms. The molecule has 90 valence electrons. The van der Waals surface area contributed by atoms with Gasteiger partial charge >= 0.3 is 0 Å². The maximum absolute atomic E-state index is 11.7. The van der Waals surface area contributed by atoms with Crippen molar-refractivity contribution in [3.8, 4) is 0 Å². The van der Waals surface area contributed by atoms with E-state index in [9.17, 15) is 4.79 Å². The predicted molar refractivity (Wildman–Crippen MR) is 62.6 cm³/mol. The van der Waals surface area contributed by atoms with Gasteiger partial charge in [-0.3, -0.25) is 4.79 Å². The second-order valence-electron chi connectivity index (χ2n) is 4.88. The molecule has 0 aliphatic heterocycles. The van der Waals surface area contributed by atoms with E-state index in [1.807, 2.05) is 0 Å². The average molecular weight is 215 g/mol. The topological polar surface area (TPSA) is 40.5 Å². The van der Waals surface area contributed by atoms with E-state index in [2.05, 4.69) is 20.8 Å².